The molecule has 2 aliphatic carbocycles. The third-order valence-corrected chi connectivity index (χ3v) is 6.29. The second-order valence-corrected chi connectivity index (χ2v) is 8.45. The highest BCUT2D eigenvalue weighted by molar-refractivity contribution is 5.79. The molecule has 158 valence electrons. The van der Waals surface area contributed by atoms with E-state index in [4.69, 9.17) is 14.2 Å². The van der Waals surface area contributed by atoms with Crippen LogP contribution in [0.2, 0.25) is 0 Å². The third-order valence-electron chi connectivity index (χ3n) is 6.29. The fraction of sp³-hybridized carbons (Fsp3) is 0.652. The summed E-state index contributed by atoms with van der Waals surface area (Å²) in [6.45, 7) is 3.64. The number of nitrogens with zero attached hydrogens (tertiary/aromatic N) is 1. The van der Waals surface area contributed by atoms with Gasteiger partial charge in [0.25, 0.3) is 0 Å². The second-order valence-electron chi connectivity index (χ2n) is 8.45. The first-order valence-corrected chi connectivity index (χ1v) is 11.0. The molecule has 0 bridgehead atoms. The second kappa shape index (κ2) is 9.06. The van der Waals surface area contributed by atoms with Crippen LogP contribution in [0.25, 0.3) is 0 Å². The molecular formula is C23H31NO5. The van der Waals surface area contributed by atoms with Crippen molar-refractivity contribution >= 4 is 11.9 Å². The van der Waals surface area contributed by atoms with Crippen LogP contribution in [0, 0.1) is 17.8 Å². The van der Waals surface area contributed by atoms with Gasteiger partial charge in [-0.1, -0.05) is 31.7 Å². The van der Waals surface area contributed by atoms with Crippen molar-refractivity contribution in [1.29, 1.82) is 0 Å². The Balaban J connectivity index is 1.46. The predicted octanol–water partition coefficient (Wildman–Crippen LogP) is 3.91. The van der Waals surface area contributed by atoms with Gasteiger partial charge in [0.1, 0.15) is 0 Å². The number of hydrogen-bond acceptors (Lipinski definition) is 5. The van der Waals surface area contributed by atoms with Gasteiger partial charge in [0.2, 0.25) is 12.7 Å². The third kappa shape index (κ3) is 4.85. The lowest BCUT2D eigenvalue weighted by molar-refractivity contribution is -0.145. The summed E-state index contributed by atoms with van der Waals surface area (Å²) in [5.41, 5.74) is 1.03. The van der Waals surface area contributed by atoms with Crippen molar-refractivity contribution in [2.75, 3.05) is 19.9 Å². The van der Waals surface area contributed by atoms with E-state index in [1.54, 1.807) is 0 Å². The van der Waals surface area contributed by atoms with Gasteiger partial charge in [-0.15, -0.1) is 0 Å². The zero-order valence-corrected chi connectivity index (χ0v) is 17.2. The van der Waals surface area contributed by atoms with Crippen LogP contribution in [0.1, 0.15) is 57.4 Å². The molecule has 4 rings (SSSR count). The zero-order valence-electron chi connectivity index (χ0n) is 17.2. The Hall–Kier alpha value is -2.24. The normalized spacial score (nSPS) is 23.3. The highest BCUT2D eigenvalue weighted by Gasteiger charge is 2.45. The fourth-order valence-electron chi connectivity index (χ4n) is 4.55. The highest BCUT2D eigenvalue weighted by atomic mass is 16.7. The summed E-state index contributed by atoms with van der Waals surface area (Å²) in [6, 6.07) is 5.87. The van der Waals surface area contributed by atoms with E-state index in [0.717, 1.165) is 49.2 Å². The van der Waals surface area contributed by atoms with Crippen molar-refractivity contribution in [1.82, 2.24) is 4.90 Å². The van der Waals surface area contributed by atoms with Crippen LogP contribution in [-0.4, -0.2) is 36.7 Å². The van der Waals surface area contributed by atoms with E-state index in [2.05, 4.69) is 0 Å². The Kier molecular flexibility index (Phi) is 6.26. The minimum atomic E-state index is -0.123. The molecule has 1 aliphatic heterocycles. The van der Waals surface area contributed by atoms with E-state index < -0.39 is 0 Å². The molecule has 0 saturated heterocycles. The zero-order chi connectivity index (χ0) is 20.2. The van der Waals surface area contributed by atoms with Crippen LogP contribution >= 0.6 is 0 Å². The van der Waals surface area contributed by atoms with Gasteiger partial charge in [0, 0.05) is 19.0 Å². The minimum absolute atomic E-state index is 0.0591. The first-order valence-electron chi connectivity index (χ1n) is 11.0. The van der Waals surface area contributed by atoms with E-state index in [1.807, 2.05) is 30.0 Å². The number of hydrogen-bond donors (Lipinski definition) is 0. The van der Waals surface area contributed by atoms with Crippen molar-refractivity contribution in [3.8, 4) is 11.5 Å². The fourth-order valence-corrected chi connectivity index (χ4v) is 4.55. The number of esters is 1. The number of fused-ring (bicyclic) bond motifs is 1. The summed E-state index contributed by atoms with van der Waals surface area (Å²) < 4.78 is 16.1. The lowest BCUT2D eigenvalue weighted by Gasteiger charge is -2.27. The number of carbonyl (C=O) groups is 2. The maximum absolute atomic E-state index is 13.4. The smallest absolute Gasteiger partial charge is 0.309 e. The molecule has 0 spiro atoms. The van der Waals surface area contributed by atoms with Gasteiger partial charge in [-0.05, 0) is 49.8 Å². The lowest BCUT2D eigenvalue weighted by atomic mass is 9.98. The summed E-state index contributed by atoms with van der Waals surface area (Å²) in [6.07, 6.45) is 7.46. The average Bonchev–Trinajstić information content (AvgIpc) is 3.42. The topological polar surface area (TPSA) is 65.1 Å². The summed E-state index contributed by atoms with van der Waals surface area (Å²) in [5, 5.41) is 0. The minimum Gasteiger partial charge on any atom is -0.466 e. The Morgan fingerprint density at radius 1 is 1.10 bits per heavy atom. The monoisotopic (exact) mass is 401 g/mol. The Morgan fingerprint density at radius 3 is 2.62 bits per heavy atom. The van der Waals surface area contributed by atoms with Gasteiger partial charge >= 0.3 is 5.97 Å². The van der Waals surface area contributed by atoms with E-state index in [0.29, 0.717) is 19.7 Å². The molecular weight excluding hydrogens is 370 g/mol. The summed E-state index contributed by atoms with van der Waals surface area (Å²) in [4.78, 5) is 27.4. The maximum atomic E-state index is 13.4. The molecule has 1 heterocycles. The molecule has 3 aliphatic rings. The van der Waals surface area contributed by atoms with Gasteiger partial charge in [-0.25, -0.2) is 0 Å². The Labute approximate surface area is 172 Å². The number of amides is 1. The van der Waals surface area contributed by atoms with Crippen LogP contribution in [0.4, 0.5) is 0 Å². The molecule has 1 amide bonds. The molecule has 0 N–H and O–H groups in total. The summed E-state index contributed by atoms with van der Waals surface area (Å²) in [7, 11) is 0. The molecule has 1 aromatic carbocycles. The van der Waals surface area contributed by atoms with E-state index in [1.165, 1.54) is 12.8 Å². The van der Waals surface area contributed by atoms with Crippen molar-refractivity contribution in [3.63, 3.8) is 0 Å². The number of ether oxygens (including phenoxy) is 3. The quantitative estimate of drug-likeness (QED) is 0.512. The summed E-state index contributed by atoms with van der Waals surface area (Å²) in [5.74, 6) is 1.85. The largest absolute Gasteiger partial charge is 0.466 e. The van der Waals surface area contributed by atoms with Gasteiger partial charge < -0.3 is 19.1 Å². The van der Waals surface area contributed by atoms with Gasteiger partial charge in [0.15, 0.2) is 11.5 Å². The van der Waals surface area contributed by atoms with E-state index in [9.17, 15) is 9.59 Å². The standard InChI is InChI=1S/C23H31NO5/c1-2-27-23(26)19-12-18(19)14-24(22(25)17-7-5-3-4-6-8-17)13-16-9-10-20-21(11-16)29-15-28-20/h9-11,17-19H,2-8,12-15H2,1H3/t18-,19+/m1/s1. The van der Waals surface area contributed by atoms with Crippen molar-refractivity contribution in [3.05, 3.63) is 23.8 Å². The molecule has 29 heavy (non-hydrogen) atoms. The molecule has 0 aromatic heterocycles. The van der Waals surface area contributed by atoms with Crippen LogP contribution < -0.4 is 9.47 Å². The van der Waals surface area contributed by atoms with Gasteiger partial charge in [0.05, 0.1) is 12.5 Å². The molecule has 0 radical (unpaired) electrons. The Bertz CT molecular complexity index is 741. The molecule has 0 unspecified atom stereocenters. The predicted molar refractivity (Wildman–Crippen MR) is 107 cm³/mol. The van der Waals surface area contributed by atoms with Crippen LogP contribution in [0.15, 0.2) is 18.2 Å². The maximum Gasteiger partial charge on any atom is 0.309 e. The number of carbonyl (C=O) groups excluding carboxylic acids is 2. The SMILES string of the molecule is CCOC(=O)[C@H]1C[C@@H]1CN(Cc1ccc2c(c1)OCO2)C(=O)C1CCCCCC1. The molecule has 6 heteroatoms. The Morgan fingerprint density at radius 2 is 1.86 bits per heavy atom. The van der Waals surface area contributed by atoms with E-state index in [-0.39, 0.29) is 36.4 Å². The molecule has 1 aromatic rings. The summed E-state index contributed by atoms with van der Waals surface area (Å²) >= 11 is 0. The lowest BCUT2D eigenvalue weighted by Crippen LogP contribution is -2.37. The van der Waals surface area contributed by atoms with Crippen LogP contribution in [0.3, 0.4) is 0 Å². The number of benzene rings is 1. The first-order chi connectivity index (χ1) is 14.2. The average molecular weight is 402 g/mol. The molecule has 2 fully saturated rings. The van der Waals surface area contributed by atoms with E-state index >= 15 is 0 Å². The van der Waals surface area contributed by atoms with Crippen molar-refractivity contribution in [2.24, 2.45) is 17.8 Å². The molecule has 2 saturated carbocycles. The van der Waals surface area contributed by atoms with Crippen LogP contribution in [0.5, 0.6) is 11.5 Å². The van der Waals surface area contributed by atoms with Gasteiger partial charge in [-0.2, -0.15) is 0 Å². The van der Waals surface area contributed by atoms with Crippen LogP contribution in [-0.2, 0) is 20.9 Å². The molecule has 6 nitrogen and oxygen atoms in total. The van der Waals surface area contributed by atoms with Crippen molar-refractivity contribution in [2.45, 2.75) is 58.4 Å². The highest BCUT2D eigenvalue weighted by Crippen LogP contribution is 2.41. The first kappa shape index (κ1) is 20.0. The number of rotatable bonds is 7. The van der Waals surface area contributed by atoms with Gasteiger partial charge in [-0.3, -0.25) is 9.59 Å². The molecule has 2 atom stereocenters. The van der Waals surface area contributed by atoms with Crippen molar-refractivity contribution < 1.29 is 23.8 Å².